The Balaban J connectivity index is 1.87. The standard InChI is InChI=1S/C28H35N3O6S/c1-8-31-14-18(9-16-10-20(32-2)26(36-6)21(11-16)33-3)25-19(15-31)24(29-28(38)30-25)17-12-22(34-4)27(37-7)23(13-17)35-5/h9-13,24H,8,14-15H2,1-7H3,(H2,29,30,38). The van der Waals surface area contributed by atoms with Gasteiger partial charge in [0.1, 0.15) is 0 Å². The van der Waals surface area contributed by atoms with Crippen molar-refractivity contribution in [2.75, 3.05) is 62.3 Å². The molecular weight excluding hydrogens is 506 g/mol. The average Bonchev–Trinajstić information content (AvgIpc) is 2.95. The maximum absolute atomic E-state index is 5.67. The number of nitrogens with zero attached hydrogens (tertiary/aromatic N) is 1. The monoisotopic (exact) mass is 541 g/mol. The predicted molar refractivity (Wildman–Crippen MR) is 151 cm³/mol. The third-order valence-electron chi connectivity index (χ3n) is 6.79. The van der Waals surface area contributed by atoms with E-state index in [2.05, 4.69) is 28.5 Å². The van der Waals surface area contributed by atoms with Crippen molar-refractivity contribution < 1.29 is 28.4 Å². The van der Waals surface area contributed by atoms with E-state index in [-0.39, 0.29) is 6.04 Å². The Bertz CT molecular complexity index is 1230. The number of thiocarbonyl (C=S) groups is 1. The lowest BCUT2D eigenvalue weighted by molar-refractivity contribution is 0.314. The van der Waals surface area contributed by atoms with Gasteiger partial charge >= 0.3 is 0 Å². The fourth-order valence-corrected chi connectivity index (χ4v) is 5.17. The first-order valence-electron chi connectivity index (χ1n) is 12.2. The molecule has 10 heteroatoms. The van der Waals surface area contributed by atoms with Crippen LogP contribution in [-0.4, -0.2) is 72.3 Å². The van der Waals surface area contributed by atoms with Crippen molar-refractivity contribution in [2.24, 2.45) is 0 Å². The van der Waals surface area contributed by atoms with Crippen molar-refractivity contribution in [3.8, 4) is 34.5 Å². The molecule has 0 amide bonds. The SMILES string of the molecule is CCN1CC(=Cc2cc(OC)c(OC)c(OC)c2)C2=C(C1)C(c1cc(OC)c(OC)c(OC)c1)NC(=S)N2. The Labute approximate surface area is 229 Å². The van der Waals surface area contributed by atoms with Gasteiger partial charge in [-0.15, -0.1) is 0 Å². The average molecular weight is 542 g/mol. The highest BCUT2D eigenvalue weighted by Crippen LogP contribution is 2.43. The number of ether oxygens (including phenoxy) is 6. The number of rotatable bonds is 9. The fourth-order valence-electron chi connectivity index (χ4n) is 4.95. The topological polar surface area (TPSA) is 82.7 Å². The predicted octanol–water partition coefficient (Wildman–Crippen LogP) is 3.93. The molecule has 0 spiro atoms. The number of likely N-dealkylation sites (N-methyl/N-ethyl adjacent to an activating group) is 1. The maximum Gasteiger partial charge on any atom is 0.203 e. The molecule has 204 valence electrons. The molecule has 1 unspecified atom stereocenters. The van der Waals surface area contributed by atoms with E-state index in [1.54, 1.807) is 42.7 Å². The normalized spacial score (nSPS) is 18.3. The number of hydrogen-bond acceptors (Lipinski definition) is 8. The lowest BCUT2D eigenvalue weighted by Crippen LogP contribution is -2.50. The van der Waals surface area contributed by atoms with Crippen LogP contribution in [0.2, 0.25) is 0 Å². The van der Waals surface area contributed by atoms with Crippen molar-refractivity contribution in [3.05, 3.63) is 52.2 Å². The third-order valence-corrected chi connectivity index (χ3v) is 7.01. The first kappa shape index (κ1) is 27.4. The minimum Gasteiger partial charge on any atom is -0.493 e. The van der Waals surface area contributed by atoms with Crippen LogP contribution in [0.1, 0.15) is 24.1 Å². The minimum atomic E-state index is -0.190. The van der Waals surface area contributed by atoms with Gasteiger partial charge in [0.05, 0.1) is 48.7 Å². The molecule has 38 heavy (non-hydrogen) atoms. The van der Waals surface area contributed by atoms with Gasteiger partial charge in [0.15, 0.2) is 28.1 Å². The summed E-state index contributed by atoms with van der Waals surface area (Å²) >= 11 is 5.67. The van der Waals surface area contributed by atoms with Gasteiger partial charge in [-0.05, 0) is 71.4 Å². The van der Waals surface area contributed by atoms with Crippen LogP contribution in [-0.2, 0) is 0 Å². The lowest BCUT2D eigenvalue weighted by atomic mass is 9.88. The van der Waals surface area contributed by atoms with Crippen molar-refractivity contribution in [1.82, 2.24) is 15.5 Å². The minimum absolute atomic E-state index is 0.190. The molecule has 4 rings (SSSR count). The highest BCUT2D eigenvalue weighted by Gasteiger charge is 2.34. The molecule has 0 saturated carbocycles. The fraction of sp³-hybridized carbons (Fsp3) is 0.393. The second-order valence-corrected chi connectivity index (χ2v) is 9.23. The van der Waals surface area contributed by atoms with E-state index in [1.807, 2.05) is 24.3 Å². The van der Waals surface area contributed by atoms with E-state index in [0.717, 1.165) is 42.0 Å². The second-order valence-electron chi connectivity index (χ2n) is 8.82. The molecule has 2 N–H and O–H groups in total. The molecule has 2 heterocycles. The highest BCUT2D eigenvalue weighted by molar-refractivity contribution is 7.80. The van der Waals surface area contributed by atoms with Gasteiger partial charge in [-0.3, -0.25) is 4.90 Å². The van der Waals surface area contributed by atoms with Crippen molar-refractivity contribution in [2.45, 2.75) is 13.0 Å². The van der Waals surface area contributed by atoms with Gasteiger partial charge < -0.3 is 39.1 Å². The van der Waals surface area contributed by atoms with Gasteiger partial charge in [0.25, 0.3) is 0 Å². The summed E-state index contributed by atoms with van der Waals surface area (Å²) in [6.45, 7) is 4.56. The number of methoxy groups -OCH3 is 6. The molecule has 9 nitrogen and oxygen atoms in total. The quantitative estimate of drug-likeness (QED) is 0.456. The Hall–Kier alpha value is -3.63. The number of nitrogens with one attached hydrogen (secondary N) is 2. The van der Waals surface area contributed by atoms with E-state index in [1.165, 1.54) is 5.57 Å². The van der Waals surface area contributed by atoms with Crippen LogP contribution >= 0.6 is 12.2 Å². The first-order chi connectivity index (χ1) is 18.4. The molecule has 0 bridgehead atoms. The van der Waals surface area contributed by atoms with Gasteiger partial charge in [0, 0.05) is 18.8 Å². The van der Waals surface area contributed by atoms with E-state index in [4.69, 9.17) is 40.6 Å². The van der Waals surface area contributed by atoms with Crippen LogP contribution in [0.3, 0.4) is 0 Å². The molecule has 2 aromatic carbocycles. The summed E-state index contributed by atoms with van der Waals surface area (Å²) in [5.74, 6) is 3.48. The first-order valence-corrected chi connectivity index (χ1v) is 12.7. The Morgan fingerprint density at radius 3 is 1.82 bits per heavy atom. The Morgan fingerprint density at radius 2 is 1.34 bits per heavy atom. The van der Waals surface area contributed by atoms with Crippen LogP contribution in [0.4, 0.5) is 0 Å². The molecule has 1 atom stereocenters. The molecule has 0 radical (unpaired) electrons. The zero-order valence-electron chi connectivity index (χ0n) is 22.9. The molecule has 0 aromatic heterocycles. The molecular formula is C28H35N3O6S. The summed E-state index contributed by atoms with van der Waals surface area (Å²) < 4.78 is 33.4. The Morgan fingerprint density at radius 1 is 0.816 bits per heavy atom. The van der Waals surface area contributed by atoms with Crippen LogP contribution in [0.15, 0.2) is 41.1 Å². The van der Waals surface area contributed by atoms with Gasteiger partial charge in [-0.2, -0.15) is 0 Å². The van der Waals surface area contributed by atoms with E-state index >= 15 is 0 Å². The van der Waals surface area contributed by atoms with Crippen molar-refractivity contribution in [1.29, 1.82) is 0 Å². The highest BCUT2D eigenvalue weighted by atomic mass is 32.1. The second kappa shape index (κ2) is 11.8. The molecule has 0 saturated heterocycles. The zero-order valence-corrected chi connectivity index (χ0v) is 23.7. The summed E-state index contributed by atoms with van der Waals surface area (Å²) in [6, 6.07) is 7.62. The van der Waals surface area contributed by atoms with Crippen LogP contribution < -0.4 is 39.1 Å². The van der Waals surface area contributed by atoms with Gasteiger partial charge in [-0.1, -0.05) is 6.92 Å². The largest absolute Gasteiger partial charge is 0.493 e. The van der Waals surface area contributed by atoms with Crippen LogP contribution in [0, 0.1) is 0 Å². The van der Waals surface area contributed by atoms with E-state index in [9.17, 15) is 0 Å². The van der Waals surface area contributed by atoms with E-state index in [0.29, 0.717) is 39.6 Å². The summed E-state index contributed by atoms with van der Waals surface area (Å²) in [6.07, 6.45) is 2.13. The van der Waals surface area contributed by atoms with E-state index < -0.39 is 0 Å². The summed E-state index contributed by atoms with van der Waals surface area (Å²) in [5, 5.41) is 7.42. The molecule has 2 aromatic rings. The van der Waals surface area contributed by atoms with Crippen molar-refractivity contribution in [3.63, 3.8) is 0 Å². The van der Waals surface area contributed by atoms with Gasteiger partial charge in [0.2, 0.25) is 11.5 Å². The molecule has 2 aliphatic rings. The zero-order chi connectivity index (χ0) is 27.4. The van der Waals surface area contributed by atoms with Crippen LogP contribution in [0.25, 0.3) is 6.08 Å². The number of hydrogen-bond donors (Lipinski definition) is 2. The van der Waals surface area contributed by atoms with Crippen molar-refractivity contribution >= 4 is 23.4 Å². The molecule has 2 aliphatic heterocycles. The number of benzene rings is 2. The molecule has 0 fully saturated rings. The van der Waals surface area contributed by atoms with Crippen LogP contribution in [0.5, 0.6) is 34.5 Å². The summed E-state index contributed by atoms with van der Waals surface area (Å²) in [7, 11) is 9.65. The maximum atomic E-state index is 5.67. The molecule has 0 aliphatic carbocycles. The smallest absolute Gasteiger partial charge is 0.203 e. The lowest BCUT2D eigenvalue weighted by Gasteiger charge is -2.40. The Kier molecular flexibility index (Phi) is 8.53. The summed E-state index contributed by atoms with van der Waals surface area (Å²) in [5.41, 5.74) is 5.16. The summed E-state index contributed by atoms with van der Waals surface area (Å²) in [4.78, 5) is 2.38. The third kappa shape index (κ3) is 5.19. The van der Waals surface area contributed by atoms with Gasteiger partial charge in [-0.25, -0.2) is 0 Å².